The first kappa shape index (κ1) is 9.57. The van der Waals surface area contributed by atoms with Gasteiger partial charge in [0.1, 0.15) is 0 Å². The predicted molar refractivity (Wildman–Crippen MR) is 56.7 cm³/mol. The second kappa shape index (κ2) is 3.64. The first-order valence-corrected chi connectivity index (χ1v) is 4.90. The zero-order valence-corrected chi connectivity index (χ0v) is 9.05. The number of halogens is 3. The molecule has 0 spiro atoms. The van der Waals surface area contributed by atoms with Gasteiger partial charge in [-0.3, -0.25) is 5.10 Å². The summed E-state index contributed by atoms with van der Waals surface area (Å²) in [6, 6.07) is 3.75. The molecule has 1 aromatic carbocycles. The van der Waals surface area contributed by atoms with Crippen LogP contribution in [0.25, 0.3) is 11.3 Å². The topological polar surface area (TPSA) is 28.7 Å². The third-order valence-electron chi connectivity index (χ3n) is 1.80. The van der Waals surface area contributed by atoms with E-state index in [-0.39, 0.29) is 0 Å². The summed E-state index contributed by atoms with van der Waals surface area (Å²) >= 11 is 2.07. The maximum Gasteiger partial charge on any atom is 0.159 e. The minimum absolute atomic E-state index is 0.589. The van der Waals surface area contributed by atoms with E-state index in [9.17, 15) is 8.78 Å². The average molecular weight is 306 g/mol. The third kappa shape index (κ3) is 1.63. The molecule has 0 amide bonds. The van der Waals surface area contributed by atoms with Gasteiger partial charge in [0, 0.05) is 5.56 Å². The van der Waals surface area contributed by atoms with E-state index in [0.29, 0.717) is 11.3 Å². The molecule has 0 aliphatic rings. The van der Waals surface area contributed by atoms with Crippen LogP contribution in [-0.4, -0.2) is 10.2 Å². The lowest BCUT2D eigenvalue weighted by atomic mass is 10.1. The van der Waals surface area contributed by atoms with E-state index in [1.165, 1.54) is 6.07 Å². The van der Waals surface area contributed by atoms with Gasteiger partial charge in [0.05, 0.1) is 15.5 Å². The molecular weight excluding hydrogens is 301 g/mol. The SMILES string of the molecule is Fc1ccc(-c2[nH]ncc2I)cc1F. The van der Waals surface area contributed by atoms with Crippen molar-refractivity contribution >= 4 is 22.6 Å². The van der Waals surface area contributed by atoms with E-state index in [0.717, 1.165) is 15.7 Å². The quantitative estimate of drug-likeness (QED) is 0.806. The van der Waals surface area contributed by atoms with E-state index in [1.807, 2.05) is 0 Å². The molecule has 14 heavy (non-hydrogen) atoms. The van der Waals surface area contributed by atoms with Crippen LogP contribution in [-0.2, 0) is 0 Å². The van der Waals surface area contributed by atoms with Gasteiger partial charge < -0.3 is 0 Å². The molecule has 1 aromatic heterocycles. The van der Waals surface area contributed by atoms with Crippen molar-refractivity contribution in [2.75, 3.05) is 0 Å². The van der Waals surface area contributed by atoms with E-state index in [4.69, 9.17) is 0 Å². The number of hydrogen-bond acceptors (Lipinski definition) is 1. The van der Waals surface area contributed by atoms with Gasteiger partial charge in [-0.2, -0.15) is 5.10 Å². The molecule has 2 nitrogen and oxygen atoms in total. The molecule has 0 saturated heterocycles. The van der Waals surface area contributed by atoms with Crippen LogP contribution in [0, 0.1) is 15.2 Å². The van der Waals surface area contributed by atoms with E-state index in [1.54, 1.807) is 6.20 Å². The highest BCUT2D eigenvalue weighted by Gasteiger charge is 2.08. The summed E-state index contributed by atoms with van der Waals surface area (Å²) in [6.45, 7) is 0. The van der Waals surface area contributed by atoms with Gasteiger partial charge in [0.2, 0.25) is 0 Å². The summed E-state index contributed by atoms with van der Waals surface area (Å²) in [5, 5.41) is 6.52. The molecule has 72 valence electrons. The molecule has 0 unspecified atom stereocenters. The molecule has 1 N–H and O–H groups in total. The van der Waals surface area contributed by atoms with Crippen molar-refractivity contribution in [1.29, 1.82) is 0 Å². The minimum atomic E-state index is -0.854. The highest BCUT2D eigenvalue weighted by molar-refractivity contribution is 14.1. The standard InChI is InChI=1S/C9H5F2IN2/c10-6-2-1-5(3-7(6)11)9-8(12)4-13-14-9/h1-4H,(H,13,14). The average Bonchev–Trinajstić information content (AvgIpc) is 2.57. The smallest absolute Gasteiger partial charge is 0.159 e. The molecular formula is C9H5F2IN2. The fourth-order valence-electron chi connectivity index (χ4n) is 1.13. The third-order valence-corrected chi connectivity index (χ3v) is 2.62. The van der Waals surface area contributed by atoms with Crippen LogP contribution in [0.15, 0.2) is 24.4 Å². The van der Waals surface area contributed by atoms with Crippen LogP contribution in [0.5, 0.6) is 0 Å². The molecule has 0 radical (unpaired) electrons. The number of rotatable bonds is 1. The normalized spacial score (nSPS) is 10.5. The first-order valence-electron chi connectivity index (χ1n) is 3.83. The molecule has 0 aliphatic heterocycles. The second-order valence-electron chi connectivity index (χ2n) is 2.72. The van der Waals surface area contributed by atoms with Gasteiger partial charge >= 0.3 is 0 Å². The van der Waals surface area contributed by atoms with E-state index in [2.05, 4.69) is 32.8 Å². The van der Waals surface area contributed by atoms with Crippen molar-refractivity contribution in [3.63, 3.8) is 0 Å². The number of nitrogens with one attached hydrogen (secondary N) is 1. The first-order chi connectivity index (χ1) is 6.68. The van der Waals surface area contributed by atoms with Crippen LogP contribution < -0.4 is 0 Å². The highest BCUT2D eigenvalue weighted by atomic mass is 127. The lowest BCUT2D eigenvalue weighted by Crippen LogP contribution is -1.86. The number of benzene rings is 1. The molecule has 2 aromatic rings. The molecule has 0 saturated carbocycles. The van der Waals surface area contributed by atoms with Gasteiger partial charge in [-0.05, 0) is 40.8 Å². The van der Waals surface area contributed by atoms with Gasteiger partial charge in [0.15, 0.2) is 11.6 Å². The van der Waals surface area contributed by atoms with Crippen molar-refractivity contribution in [3.05, 3.63) is 39.6 Å². The minimum Gasteiger partial charge on any atom is -0.277 e. The van der Waals surface area contributed by atoms with Crippen LogP contribution in [0.1, 0.15) is 0 Å². The summed E-state index contributed by atoms with van der Waals surface area (Å²) < 4.78 is 26.4. The van der Waals surface area contributed by atoms with Gasteiger partial charge in [-0.1, -0.05) is 0 Å². The molecule has 0 bridgehead atoms. The zero-order chi connectivity index (χ0) is 10.1. The van der Waals surface area contributed by atoms with Crippen LogP contribution in [0.4, 0.5) is 8.78 Å². The van der Waals surface area contributed by atoms with Crippen molar-refractivity contribution < 1.29 is 8.78 Å². The zero-order valence-electron chi connectivity index (χ0n) is 6.89. The largest absolute Gasteiger partial charge is 0.277 e. The van der Waals surface area contributed by atoms with Crippen LogP contribution in [0.2, 0.25) is 0 Å². The summed E-state index contributed by atoms with van der Waals surface area (Å²) in [5.41, 5.74) is 1.29. The lowest BCUT2D eigenvalue weighted by molar-refractivity contribution is 0.509. The van der Waals surface area contributed by atoms with E-state index >= 15 is 0 Å². The monoisotopic (exact) mass is 306 g/mol. The Hall–Kier alpha value is -0.980. The second-order valence-corrected chi connectivity index (χ2v) is 3.88. The van der Waals surface area contributed by atoms with E-state index < -0.39 is 11.6 Å². The highest BCUT2D eigenvalue weighted by Crippen LogP contribution is 2.23. The Morgan fingerprint density at radius 2 is 2.00 bits per heavy atom. The summed E-state index contributed by atoms with van der Waals surface area (Å²) in [6.07, 6.45) is 1.62. The summed E-state index contributed by atoms with van der Waals surface area (Å²) in [7, 11) is 0. The Morgan fingerprint density at radius 3 is 2.57 bits per heavy atom. The Bertz CT molecular complexity index is 468. The fraction of sp³-hybridized carbons (Fsp3) is 0. The van der Waals surface area contributed by atoms with Crippen LogP contribution >= 0.6 is 22.6 Å². The lowest BCUT2D eigenvalue weighted by Gasteiger charge is -1.99. The maximum atomic E-state index is 12.9. The molecule has 0 atom stereocenters. The van der Waals surface area contributed by atoms with Crippen molar-refractivity contribution in [2.24, 2.45) is 0 Å². The van der Waals surface area contributed by atoms with Gasteiger partial charge in [0.25, 0.3) is 0 Å². The molecule has 5 heteroatoms. The van der Waals surface area contributed by atoms with Crippen molar-refractivity contribution in [2.45, 2.75) is 0 Å². The number of H-pyrrole nitrogens is 1. The number of nitrogens with zero attached hydrogens (tertiary/aromatic N) is 1. The Labute approximate surface area is 92.5 Å². The van der Waals surface area contributed by atoms with Gasteiger partial charge in [-0.15, -0.1) is 0 Å². The number of aromatic amines is 1. The summed E-state index contributed by atoms with van der Waals surface area (Å²) in [4.78, 5) is 0. The molecule has 0 aliphatic carbocycles. The number of hydrogen-bond donors (Lipinski definition) is 1. The summed E-state index contributed by atoms with van der Waals surface area (Å²) in [5.74, 6) is -1.70. The van der Waals surface area contributed by atoms with Gasteiger partial charge in [-0.25, -0.2) is 8.78 Å². The fourth-order valence-corrected chi connectivity index (χ4v) is 1.70. The Balaban J connectivity index is 2.53. The molecule has 2 rings (SSSR count). The molecule has 0 fully saturated rings. The van der Waals surface area contributed by atoms with Crippen molar-refractivity contribution in [3.8, 4) is 11.3 Å². The Morgan fingerprint density at radius 1 is 1.21 bits per heavy atom. The van der Waals surface area contributed by atoms with Crippen LogP contribution in [0.3, 0.4) is 0 Å². The van der Waals surface area contributed by atoms with Crippen molar-refractivity contribution in [1.82, 2.24) is 10.2 Å². The number of aromatic nitrogens is 2. The predicted octanol–water partition coefficient (Wildman–Crippen LogP) is 2.96. The molecule has 1 heterocycles. The Kier molecular flexibility index (Phi) is 2.49. The maximum absolute atomic E-state index is 12.9.